The molecule has 0 rings (SSSR count). The standard InChI is InChI=1S/C9H16N2O/c1-4-7-10-8-9(12)11(5-2)6-3/h1,10H,5-8H2,2-3H3. The van der Waals surface area contributed by atoms with Crippen molar-refractivity contribution in [3.05, 3.63) is 0 Å². The Morgan fingerprint density at radius 1 is 1.50 bits per heavy atom. The number of terminal acetylenes is 1. The van der Waals surface area contributed by atoms with Crippen molar-refractivity contribution in [2.45, 2.75) is 13.8 Å². The summed E-state index contributed by atoms with van der Waals surface area (Å²) in [5.74, 6) is 2.52. The summed E-state index contributed by atoms with van der Waals surface area (Å²) in [6, 6.07) is 0. The van der Waals surface area contributed by atoms with Crippen LogP contribution in [0.15, 0.2) is 0 Å². The predicted molar refractivity (Wildman–Crippen MR) is 49.6 cm³/mol. The van der Waals surface area contributed by atoms with E-state index in [1.165, 1.54) is 0 Å². The van der Waals surface area contributed by atoms with Crippen LogP contribution in [0.1, 0.15) is 13.8 Å². The van der Waals surface area contributed by atoms with Gasteiger partial charge in [0, 0.05) is 13.1 Å². The Labute approximate surface area is 74.1 Å². The van der Waals surface area contributed by atoms with Crippen LogP contribution in [0.2, 0.25) is 0 Å². The molecule has 1 N–H and O–H groups in total. The SMILES string of the molecule is C#CCNCC(=O)N(CC)CC. The van der Waals surface area contributed by atoms with Crippen LogP contribution in [-0.4, -0.2) is 37.0 Å². The summed E-state index contributed by atoms with van der Waals surface area (Å²) in [5, 5.41) is 2.86. The molecule has 0 aromatic heterocycles. The number of nitrogens with one attached hydrogen (secondary N) is 1. The third-order valence-electron chi connectivity index (χ3n) is 1.62. The first-order valence-electron chi connectivity index (χ1n) is 4.18. The molecule has 0 saturated heterocycles. The highest BCUT2D eigenvalue weighted by atomic mass is 16.2. The maximum absolute atomic E-state index is 11.3. The van der Waals surface area contributed by atoms with Gasteiger partial charge in [-0.1, -0.05) is 5.92 Å². The summed E-state index contributed by atoms with van der Waals surface area (Å²) in [5.41, 5.74) is 0. The molecule has 12 heavy (non-hydrogen) atoms. The summed E-state index contributed by atoms with van der Waals surface area (Å²) >= 11 is 0. The first-order chi connectivity index (χ1) is 5.76. The van der Waals surface area contributed by atoms with Gasteiger partial charge >= 0.3 is 0 Å². The number of hydrogen-bond donors (Lipinski definition) is 1. The van der Waals surface area contributed by atoms with Gasteiger partial charge in [-0.3, -0.25) is 10.1 Å². The van der Waals surface area contributed by atoms with Gasteiger partial charge in [0.05, 0.1) is 13.1 Å². The monoisotopic (exact) mass is 168 g/mol. The molecule has 1 amide bonds. The van der Waals surface area contributed by atoms with Crippen LogP contribution in [0.5, 0.6) is 0 Å². The summed E-state index contributed by atoms with van der Waals surface area (Å²) in [6.07, 6.45) is 5.02. The zero-order valence-electron chi connectivity index (χ0n) is 7.76. The van der Waals surface area contributed by atoms with Crippen LogP contribution < -0.4 is 5.32 Å². The predicted octanol–water partition coefficient (Wildman–Crippen LogP) is 0.0776. The molecule has 0 aliphatic carbocycles. The lowest BCUT2D eigenvalue weighted by Gasteiger charge is -2.18. The highest BCUT2D eigenvalue weighted by molar-refractivity contribution is 5.78. The molecule has 0 aromatic rings. The summed E-state index contributed by atoms with van der Waals surface area (Å²) in [7, 11) is 0. The number of hydrogen-bond acceptors (Lipinski definition) is 2. The van der Waals surface area contributed by atoms with E-state index in [0.29, 0.717) is 13.1 Å². The van der Waals surface area contributed by atoms with E-state index in [4.69, 9.17) is 6.42 Å². The number of likely N-dealkylation sites (N-methyl/N-ethyl adjacent to an activating group) is 1. The minimum Gasteiger partial charge on any atom is -0.342 e. The molecule has 0 atom stereocenters. The molecule has 0 heterocycles. The van der Waals surface area contributed by atoms with Gasteiger partial charge in [-0.05, 0) is 13.8 Å². The number of amides is 1. The van der Waals surface area contributed by atoms with E-state index in [2.05, 4.69) is 11.2 Å². The van der Waals surface area contributed by atoms with Crippen molar-refractivity contribution in [1.82, 2.24) is 10.2 Å². The van der Waals surface area contributed by atoms with Crippen LogP contribution in [0.25, 0.3) is 0 Å². The summed E-state index contributed by atoms with van der Waals surface area (Å²) in [6.45, 7) is 6.23. The third kappa shape index (κ3) is 3.99. The molecule has 0 radical (unpaired) electrons. The fourth-order valence-electron chi connectivity index (χ4n) is 0.930. The fraction of sp³-hybridized carbons (Fsp3) is 0.667. The van der Waals surface area contributed by atoms with Crippen LogP contribution in [0, 0.1) is 12.3 Å². The van der Waals surface area contributed by atoms with Crippen LogP contribution >= 0.6 is 0 Å². The minimum atomic E-state index is 0.107. The average Bonchev–Trinajstić information content (AvgIpc) is 2.07. The molecule has 0 aliphatic rings. The molecule has 3 heteroatoms. The zero-order valence-corrected chi connectivity index (χ0v) is 7.76. The molecule has 0 aliphatic heterocycles. The van der Waals surface area contributed by atoms with Crippen LogP contribution in [-0.2, 0) is 4.79 Å². The van der Waals surface area contributed by atoms with Gasteiger partial charge in [0.25, 0.3) is 0 Å². The van der Waals surface area contributed by atoms with E-state index < -0.39 is 0 Å². The number of nitrogens with zero attached hydrogens (tertiary/aromatic N) is 1. The zero-order chi connectivity index (χ0) is 9.40. The second-order valence-corrected chi connectivity index (χ2v) is 2.37. The van der Waals surface area contributed by atoms with Crippen molar-refractivity contribution in [3.8, 4) is 12.3 Å². The quantitative estimate of drug-likeness (QED) is 0.465. The largest absolute Gasteiger partial charge is 0.342 e. The molecule has 0 bridgehead atoms. The lowest BCUT2D eigenvalue weighted by atomic mass is 10.4. The number of rotatable bonds is 5. The second kappa shape index (κ2) is 6.68. The van der Waals surface area contributed by atoms with Gasteiger partial charge < -0.3 is 4.90 Å². The fourth-order valence-corrected chi connectivity index (χ4v) is 0.930. The Kier molecular flexibility index (Phi) is 6.12. The third-order valence-corrected chi connectivity index (χ3v) is 1.62. The molecule has 68 valence electrons. The van der Waals surface area contributed by atoms with Gasteiger partial charge in [0.15, 0.2) is 0 Å². The topological polar surface area (TPSA) is 32.3 Å². The Bertz CT molecular complexity index is 168. The highest BCUT2D eigenvalue weighted by Crippen LogP contribution is 1.86. The summed E-state index contributed by atoms with van der Waals surface area (Å²) in [4.78, 5) is 13.0. The maximum atomic E-state index is 11.3. The molecule has 0 unspecified atom stereocenters. The average molecular weight is 168 g/mol. The van der Waals surface area contributed by atoms with Gasteiger partial charge in [0.2, 0.25) is 5.91 Å². The van der Waals surface area contributed by atoms with Crippen molar-refractivity contribution >= 4 is 5.91 Å². The van der Waals surface area contributed by atoms with Crippen LogP contribution in [0.4, 0.5) is 0 Å². The molecule has 3 nitrogen and oxygen atoms in total. The molecular formula is C9H16N2O. The lowest BCUT2D eigenvalue weighted by molar-refractivity contribution is -0.129. The van der Waals surface area contributed by atoms with Crippen molar-refractivity contribution in [2.75, 3.05) is 26.2 Å². The first kappa shape index (κ1) is 11.0. The number of carbonyl (C=O) groups is 1. The Morgan fingerprint density at radius 3 is 2.50 bits per heavy atom. The Hall–Kier alpha value is -1.01. The van der Waals surface area contributed by atoms with E-state index in [0.717, 1.165) is 13.1 Å². The van der Waals surface area contributed by atoms with Gasteiger partial charge in [-0.25, -0.2) is 0 Å². The molecule has 0 aromatic carbocycles. The lowest BCUT2D eigenvalue weighted by Crippen LogP contribution is -2.37. The van der Waals surface area contributed by atoms with E-state index >= 15 is 0 Å². The van der Waals surface area contributed by atoms with E-state index in [-0.39, 0.29) is 5.91 Å². The van der Waals surface area contributed by atoms with Crippen molar-refractivity contribution in [3.63, 3.8) is 0 Å². The van der Waals surface area contributed by atoms with E-state index in [1.807, 2.05) is 13.8 Å². The van der Waals surface area contributed by atoms with Gasteiger partial charge in [0.1, 0.15) is 0 Å². The molecular weight excluding hydrogens is 152 g/mol. The Balaban J connectivity index is 3.63. The van der Waals surface area contributed by atoms with E-state index in [9.17, 15) is 4.79 Å². The second-order valence-electron chi connectivity index (χ2n) is 2.37. The summed E-state index contributed by atoms with van der Waals surface area (Å²) < 4.78 is 0. The number of carbonyl (C=O) groups excluding carboxylic acids is 1. The normalized spacial score (nSPS) is 9.08. The first-order valence-corrected chi connectivity index (χ1v) is 4.18. The molecule has 0 saturated carbocycles. The van der Waals surface area contributed by atoms with Gasteiger partial charge in [-0.2, -0.15) is 0 Å². The van der Waals surface area contributed by atoms with Crippen LogP contribution in [0.3, 0.4) is 0 Å². The van der Waals surface area contributed by atoms with Crippen molar-refractivity contribution in [2.24, 2.45) is 0 Å². The molecule has 0 fully saturated rings. The van der Waals surface area contributed by atoms with Gasteiger partial charge in [-0.15, -0.1) is 6.42 Å². The maximum Gasteiger partial charge on any atom is 0.236 e. The molecule has 0 spiro atoms. The Morgan fingerprint density at radius 2 is 2.08 bits per heavy atom. The minimum absolute atomic E-state index is 0.107. The van der Waals surface area contributed by atoms with Crippen molar-refractivity contribution in [1.29, 1.82) is 0 Å². The van der Waals surface area contributed by atoms with Crippen molar-refractivity contribution < 1.29 is 4.79 Å². The van der Waals surface area contributed by atoms with E-state index in [1.54, 1.807) is 4.90 Å². The smallest absolute Gasteiger partial charge is 0.236 e. The highest BCUT2D eigenvalue weighted by Gasteiger charge is 2.06.